The molecule has 11 heteroatoms. The van der Waals surface area contributed by atoms with E-state index in [1.165, 1.54) is 34.3 Å². The van der Waals surface area contributed by atoms with Crippen molar-refractivity contribution in [2.75, 3.05) is 11.4 Å². The Hall–Kier alpha value is -2.53. The van der Waals surface area contributed by atoms with Crippen LogP contribution < -0.4 is 15.5 Å². The average molecular weight is 425 g/mol. The third-order valence-corrected chi connectivity index (χ3v) is 6.57. The van der Waals surface area contributed by atoms with Crippen LogP contribution in [0.15, 0.2) is 29.3 Å². The summed E-state index contributed by atoms with van der Waals surface area (Å²) in [5, 5.41) is 15.9. The van der Waals surface area contributed by atoms with Crippen molar-refractivity contribution in [1.29, 1.82) is 0 Å². The molecule has 1 saturated heterocycles. The smallest absolute Gasteiger partial charge is 0.336 e. The maximum absolute atomic E-state index is 12.7. The number of carbonyl (C=O) groups is 4. The van der Waals surface area contributed by atoms with Crippen LogP contribution in [0.2, 0.25) is 0 Å². The Balaban J connectivity index is 1.84. The fraction of sp³-hybridized carbons (Fsp3) is 0.412. The Morgan fingerprint density at radius 2 is 2.11 bits per heavy atom. The highest BCUT2D eigenvalue weighted by molar-refractivity contribution is 8.01. The molecule has 28 heavy (non-hydrogen) atoms. The summed E-state index contributed by atoms with van der Waals surface area (Å²) in [6, 6.07) is 2.30. The van der Waals surface area contributed by atoms with Gasteiger partial charge in [0.1, 0.15) is 16.8 Å². The van der Waals surface area contributed by atoms with Gasteiger partial charge in [0, 0.05) is 19.7 Å². The molecule has 0 spiro atoms. The summed E-state index contributed by atoms with van der Waals surface area (Å²) in [5.41, 5.74) is -0.0924. The zero-order valence-corrected chi connectivity index (χ0v) is 16.9. The number of carboxylic acid groups (broad SMARTS) is 1. The monoisotopic (exact) mass is 424 g/mol. The van der Waals surface area contributed by atoms with Crippen LogP contribution in [0.25, 0.3) is 0 Å². The van der Waals surface area contributed by atoms with Crippen molar-refractivity contribution >= 4 is 51.9 Å². The zero-order valence-electron chi connectivity index (χ0n) is 15.2. The molecule has 4 amide bonds. The summed E-state index contributed by atoms with van der Waals surface area (Å²) in [4.78, 5) is 51.2. The molecular weight excluding hydrogens is 404 g/mol. The van der Waals surface area contributed by atoms with E-state index in [0.717, 1.165) is 18.2 Å². The number of nitrogens with zero attached hydrogens (tertiary/aromatic N) is 2. The maximum Gasteiger partial charge on any atom is 0.336 e. The Morgan fingerprint density at radius 3 is 2.68 bits per heavy atom. The number of hydrogen-bond donors (Lipinski definition) is 3. The lowest BCUT2D eigenvalue weighted by atomic mass is 10.0. The number of anilines is 1. The van der Waals surface area contributed by atoms with Gasteiger partial charge in [-0.3, -0.25) is 14.5 Å². The number of aliphatic carboxylic acids is 1. The van der Waals surface area contributed by atoms with Gasteiger partial charge >= 0.3 is 12.0 Å². The van der Waals surface area contributed by atoms with E-state index in [2.05, 4.69) is 10.6 Å². The molecule has 3 rings (SSSR count). The fourth-order valence-corrected chi connectivity index (χ4v) is 5.25. The van der Waals surface area contributed by atoms with Gasteiger partial charge in [-0.15, -0.1) is 23.1 Å². The van der Waals surface area contributed by atoms with Gasteiger partial charge < -0.3 is 20.6 Å². The second-order valence-electron chi connectivity index (χ2n) is 6.23. The topological polar surface area (TPSA) is 119 Å². The van der Waals surface area contributed by atoms with Crippen molar-refractivity contribution in [2.24, 2.45) is 0 Å². The number of amides is 4. The molecule has 2 aliphatic rings. The van der Waals surface area contributed by atoms with E-state index in [1.807, 2.05) is 12.3 Å². The van der Waals surface area contributed by atoms with Crippen LogP contribution in [0.5, 0.6) is 0 Å². The lowest BCUT2D eigenvalue weighted by Crippen LogP contribution is -2.70. The molecule has 3 heterocycles. The normalized spacial score (nSPS) is 23.2. The first-order valence-electron chi connectivity index (χ1n) is 8.65. The first-order valence-corrected chi connectivity index (χ1v) is 10.5. The number of rotatable bonds is 6. The number of nitrogens with one attached hydrogen (secondary N) is 2. The predicted molar refractivity (Wildman–Crippen MR) is 106 cm³/mol. The summed E-state index contributed by atoms with van der Waals surface area (Å²) >= 11 is 2.47. The van der Waals surface area contributed by atoms with Crippen LogP contribution in [-0.4, -0.2) is 57.2 Å². The first-order chi connectivity index (χ1) is 13.3. The summed E-state index contributed by atoms with van der Waals surface area (Å²) in [6.45, 7) is 3.75. The van der Waals surface area contributed by atoms with Crippen LogP contribution in [0.4, 0.5) is 9.80 Å². The second-order valence-corrected chi connectivity index (χ2v) is 8.38. The number of urea groups is 1. The lowest BCUT2D eigenvalue weighted by Gasteiger charge is -2.51. The minimum atomic E-state index is -1.22. The van der Waals surface area contributed by atoms with Gasteiger partial charge in [-0.2, -0.15) is 0 Å². The van der Waals surface area contributed by atoms with Gasteiger partial charge in [0.05, 0.1) is 10.6 Å². The highest BCUT2D eigenvalue weighted by atomic mass is 32.2. The van der Waals surface area contributed by atoms with Crippen LogP contribution in [0, 0.1) is 0 Å². The maximum atomic E-state index is 12.7. The Kier molecular flexibility index (Phi) is 5.94. The van der Waals surface area contributed by atoms with Crippen LogP contribution in [0.3, 0.4) is 0 Å². The molecule has 1 aromatic rings. The van der Waals surface area contributed by atoms with Crippen molar-refractivity contribution < 1.29 is 24.3 Å². The number of carbonyl (C=O) groups excluding carboxylic acids is 3. The number of fused-ring (bicyclic) bond motifs is 1. The van der Waals surface area contributed by atoms with Gasteiger partial charge in [-0.05, 0) is 23.9 Å². The van der Waals surface area contributed by atoms with Gasteiger partial charge in [0.2, 0.25) is 5.91 Å². The van der Waals surface area contributed by atoms with Gasteiger partial charge in [0.15, 0.2) is 0 Å². The quantitative estimate of drug-likeness (QED) is 0.594. The zero-order chi connectivity index (χ0) is 20.4. The first kappa shape index (κ1) is 20.2. The van der Waals surface area contributed by atoms with Gasteiger partial charge in [-0.1, -0.05) is 6.92 Å². The van der Waals surface area contributed by atoms with Crippen molar-refractivity contribution in [2.45, 2.75) is 37.1 Å². The van der Waals surface area contributed by atoms with Crippen LogP contribution in [0.1, 0.15) is 20.3 Å². The lowest BCUT2D eigenvalue weighted by molar-refractivity contribution is -0.142. The molecule has 3 atom stereocenters. The molecule has 1 aromatic heterocycles. The summed E-state index contributed by atoms with van der Waals surface area (Å²) in [6.07, 6.45) is 1.99. The molecule has 2 aliphatic heterocycles. The largest absolute Gasteiger partial charge is 0.478 e. The predicted octanol–water partition coefficient (Wildman–Crippen LogP) is 1.39. The third kappa shape index (κ3) is 3.72. The second kappa shape index (κ2) is 8.23. The summed E-state index contributed by atoms with van der Waals surface area (Å²) < 4.78 is 0. The molecule has 0 aromatic carbocycles. The molecule has 3 N–H and O–H groups in total. The Labute approximate surface area is 169 Å². The van der Waals surface area contributed by atoms with E-state index >= 15 is 0 Å². The SMILES string of the molecule is CCCNC(=O)NC1S[C@@H]2C(N(C(C)=O)c3cccs3)C(=O)N2C=C1C(=O)O. The van der Waals surface area contributed by atoms with Crippen molar-refractivity contribution in [1.82, 2.24) is 15.5 Å². The van der Waals surface area contributed by atoms with Crippen molar-refractivity contribution in [3.8, 4) is 0 Å². The molecule has 0 saturated carbocycles. The molecule has 9 nitrogen and oxygen atoms in total. The van der Waals surface area contributed by atoms with E-state index < -0.39 is 28.8 Å². The van der Waals surface area contributed by atoms with E-state index in [9.17, 15) is 24.3 Å². The number of β-lactam (4-membered cyclic amide) rings is 1. The highest BCUT2D eigenvalue weighted by Gasteiger charge is 2.55. The molecule has 0 aliphatic carbocycles. The van der Waals surface area contributed by atoms with Crippen LogP contribution in [-0.2, 0) is 14.4 Å². The van der Waals surface area contributed by atoms with Crippen molar-refractivity contribution in [3.05, 3.63) is 29.3 Å². The van der Waals surface area contributed by atoms with E-state index in [1.54, 1.807) is 12.1 Å². The van der Waals surface area contributed by atoms with Gasteiger partial charge in [-0.25, -0.2) is 9.59 Å². The van der Waals surface area contributed by atoms with E-state index in [4.69, 9.17) is 0 Å². The average Bonchev–Trinajstić information content (AvgIpc) is 3.17. The number of hydrogen-bond acceptors (Lipinski definition) is 6. The Bertz CT molecular complexity index is 826. The number of carboxylic acids is 1. The van der Waals surface area contributed by atoms with E-state index in [-0.39, 0.29) is 17.4 Å². The minimum absolute atomic E-state index is 0.0924. The summed E-state index contributed by atoms with van der Waals surface area (Å²) in [7, 11) is 0. The molecule has 2 unspecified atom stereocenters. The molecule has 1 fully saturated rings. The summed E-state index contributed by atoms with van der Waals surface area (Å²) in [5.74, 6) is -1.85. The van der Waals surface area contributed by atoms with E-state index in [0.29, 0.717) is 11.5 Å². The molecular formula is C17H20N4O5S2. The minimum Gasteiger partial charge on any atom is -0.478 e. The molecule has 150 valence electrons. The number of thioether (sulfide) groups is 1. The standard InChI is InChI=1S/C17H20N4O5S2/c1-3-6-18-17(26)19-13-10(16(24)25)8-20-14(23)12(15(20)28-13)21(9(2)22)11-5-4-7-27-11/h4-5,7-8,12-13,15H,3,6H2,1-2H3,(H,24,25)(H2,18,19,26)/t12?,13?,15-/m1/s1. The van der Waals surface area contributed by atoms with Gasteiger partial charge in [0.25, 0.3) is 5.91 Å². The Morgan fingerprint density at radius 1 is 1.36 bits per heavy atom. The number of thiophene rings is 1. The van der Waals surface area contributed by atoms with Crippen molar-refractivity contribution in [3.63, 3.8) is 0 Å². The highest BCUT2D eigenvalue weighted by Crippen LogP contribution is 2.43. The van der Waals surface area contributed by atoms with Crippen LogP contribution >= 0.6 is 23.1 Å². The fourth-order valence-electron chi connectivity index (χ4n) is 3.00. The third-order valence-electron chi connectivity index (χ3n) is 4.29. The molecule has 0 bridgehead atoms. The molecule has 0 radical (unpaired) electrons.